The number of nitriles is 1. The Hall–Kier alpha value is -7.22. The van der Waals surface area contributed by atoms with Crippen molar-refractivity contribution < 1.29 is 0 Å². The Kier molecular flexibility index (Phi) is 7.28. The molecule has 0 amide bonds. The van der Waals surface area contributed by atoms with E-state index in [9.17, 15) is 5.26 Å². The van der Waals surface area contributed by atoms with Gasteiger partial charge in [-0.2, -0.15) is 5.26 Å². The van der Waals surface area contributed by atoms with Crippen LogP contribution in [0, 0.1) is 25.2 Å². The van der Waals surface area contributed by atoms with Crippen LogP contribution in [0.2, 0.25) is 0 Å². The maximum atomic E-state index is 11.3. The molecule has 0 saturated carbocycles. The molecule has 0 aliphatic carbocycles. The van der Waals surface area contributed by atoms with Crippen LogP contribution in [0.25, 0.3) is 88.5 Å². The number of hydrogen-bond acceptors (Lipinski definition) is 2. The van der Waals surface area contributed by atoms with Gasteiger partial charge < -0.3 is 9.13 Å². The van der Waals surface area contributed by atoms with Gasteiger partial charge in [0.25, 0.3) is 0 Å². The van der Waals surface area contributed by atoms with Crippen LogP contribution in [0.4, 0.5) is 0 Å². The smallest absolute Gasteiger partial charge is 0.104 e. The Balaban J connectivity index is 1.33. The van der Waals surface area contributed by atoms with Crippen LogP contribution in [0.3, 0.4) is 0 Å². The fourth-order valence-electron chi connectivity index (χ4n) is 8.26. The highest BCUT2D eigenvalue weighted by molar-refractivity contribution is 6.11. The van der Waals surface area contributed by atoms with Crippen molar-refractivity contribution in [3.05, 3.63) is 187 Å². The third-order valence-electron chi connectivity index (χ3n) is 10.7. The second-order valence-electron chi connectivity index (χ2n) is 14.1. The summed E-state index contributed by atoms with van der Waals surface area (Å²) in [6.45, 7) is 4.25. The number of para-hydroxylation sites is 2. The number of aryl methyl sites for hydroxylation is 2. The molecule has 0 atom stereocenters. The normalized spacial score (nSPS) is 11.5. The summed E-state index contributed by atoms with van der Waals surface area (Å²) in [5, 5.41) is 15.9. The molecule has 4 heteroatoms. The molecule has 0 aliphatic rings. The summed E-state index contributed by atoms with van der Waals surface area (Å²) in [5.74, 6) is 0. The van der Waals surface area contributed by atoms with Crippen molar-refractivity contribution in [2.24, 2.45) is 0 Å². The molecule has 7 aromatic carbocycles. The van der Waals surface area contributed by atoms with Crippen molar-refractivity contribution in [3.8, 4) is 51.0 Å². The van der Waals surface area contributed by atoms with E-state index in [0.29, 0.717) is 5.56 Å². The predicted molar refractivity (Wildman–Crippen MR) is 223 cm³/mol. The molecule has 54 heavy (non-hydrogen) atoms. The summed E-state index contributed by atoms with van der Waals surface area (Å²) >= 11 is 0. The lowest BCUT2D eigenvalue weighted by Gasteiger charge is -2.19. The molecule has 3 heterocycles. The van der Waals surface area contributed by atoms with E-state index in [2.05, 4.69) is 181 Å². The van der Waals surface area contributed by atoms with E-state index in [0.717, 1.165) is 99.6 Å². The first kappa shape index (κ1) is 31.5. The topological polar surface area (TPSA) is 46.5 Å². The van der Waals surface area contributed by atoms with E-state index in [1.165, 1.54) is 0 Å². The summed E-state index contributed by atoms with van der Waals surface area (Å²) in [5.41, 5.74) is 15.0. The number of benzene rings is 7. The molecular weight excluding hydrogens is 657 g/mol. The summed E-state index contributed by atoms with van der Waals surface area (Å²) < 4.78 is 4.57. The molecule has 0 radical (unpaired) electrons. The average Bonchev–Trinajstić information content (AvgIpc) is 3.72. The molecule has 0 bridgehead atoms. The van der Waals surface area contributed by atoms with E-state index in [1.54, 1.807) is 0 Å². The van der Waals surface area contributed by atoms with Crippen LogP contribution in [0.15, 0.2) is 170 Å². The van der Waals surface area contributed by atoms with E-state index in [-0.39, 0.29) is 0 Å². The Morgan fingerprint density at radius 1 is 0.444 bits per heavy atom. The zero-order valence-corrected chi connectivity index (χ0v) is 30.0. The van der Waals surface area contributed by atoms with Crippen molar-refractivity contribution in [3.63, 3.8) is 0 Å². The molecule has 0 fully saturated rings. The van der Waals surface area contributed by atoms with Gasteiger partial charge in [0, 0.05) is 38.9 Å². The lowest BCUT2D eigenvalue weighted by atomic mass is 9.94. The minimum absolute atomic E-state index is 0.601. The molecule has 3 aromatic heterocycles. The lowest BCUT2D eigenvalue weighted by molar-refractivity contribution is 1.12. The van der Waals surface area contributed by atoms with Crippen LogP contribution in [0.5, 0.6) is 0 Å². The quantitative estimate of drug-likeness (QED) is 0.180. The SMILES string of the molecule is Cc1ccc2c3ccccc3n(-c3cc(-c4cccnc4-c4cccc(-c5ccccc5)c4)cc(-n4c5ccccc5c5ccc(C)cc54)c3C#N)c2c1. The lowest BCUT2D eigenvalue weighted by Crippen LogP contribution is -2.05. The Morgan fingerprint density at radius 3 is 1.59 bits per heavy atom. The monoisotopic (exact) mass is 690 g/mol. The van der Waals surface area contributed by atoms with E-state index in [1.807, 2.05) is 18.3 Å². The second kappa shape index (κ2) is 12.5. The molecule has 10 rings (SSSR count). The minimum Gasteiger partial charge on any atom is -0.308 e. The van der Waals surface area contributed by atoms with Gasteiger partial charge >= 0.3 is 0 Å². The largest absolute Gasteiger partial charge is 0.308 e. The number of rotatable bonds is 5. The Labute approximate surface area is 313 Å². The molecule has 0 N–H and O–H groups in total. The van der Waals surface area contributed by atoms with Crippen molar-refractivity contribution >= 4 is 43.6 Å². The molecular formula is C50H34N4. The Morgan fingerprint density at radius 2 is 0.981 bits per heavy atom. The summed E-state index contributed by atoms with van der Waals surface area (Å²) in [7, 11) is 0. The molecule has 0 aliphatic heterocycles. The van der Waals surface area contributed by atoms with Crippen LogP contribution in [-0.2, 0) is 0 Å². The maximum absolute atomic E-state index is 11.3. The van der Waals surface area contributed by atoms with E-state index in [4.69, 9.17) is 4.98 Å². The third-order valence-corrected chi connectivity index (χ3v) is 10.7. The average molecular weight is 691 g/mol. The number of aromatic nitrogens is 3. The van der Waals surface area contributed by atoms with Gasteiger partial charge in [0.2, 0.25) is 0 Å². The van der Waals surface area contributed by atoms with Crippen LogP contribution >= 0.6 is 0 Å². The first-order valence-corrected chi connectivity index (χ1v) is 18.3. The van der Waals surface area contributed by atoms with Crippen molar-refractivity contribution in [1.29, 1.82) is 5.26 Å². The van der Waals surface area contributed by atoms with Gasteiger partial charge in [0.15, 0.2) is 0 Å². The van der Waals surface area contributed by atoms with E-state index >= 15 is 0 Å². The van der Waals surface area contributed by atoms with Gasteiger partial charge in [0.1, 0.15) is 11.6 Å². The minimum atomic E-state index is 0.601. The zero-order chi connectivity index (χ0) is 36.3. The molecule has 254 valence electrons. The van der Waals surface area contributed by atoms with Gasteiger partial charge in [-0.15, -0.1) is 0 Å². The number of pyridine rings is 1. The van der Waals surface area contributed by atoms with Crippen LogP contribution in [-0.4, -0.2) is 14.1 Å². The second-order valence-corrected chi connectivity index (χ2v) is 14.1. The highest BCUT2D eigenvalue weighted by Crippen LogP contribution is 2.42. The van der Waals surface area contributed by atoms with Gasteiger partial charge in [-0.3, -0.25) is 4.98 Å². The van der Waals surface area contributed by atoms with Crippen molar-refractivity contribution in [2.45, 2.75) is 13.8 Å². The molecule has 0 spiro atoms. The van der Waals surface area contributed by atoms with Gasteiger partial charge in [0.05, 0.1) is 39.1 Å². The standard InChI is InChI=1S/C50H34N4/c1-32-21-23-41-39-16-6-8-19-44(39)53(46(41)26-32)48-29-37(38-18-11-25-52-50(38)36-15-10-14-35(28-36)34-12-4-3-5-13-34)30-49(43(48)31-51)54-45-20-9-7-17-40(45)42-24-22-33(2)27-47(42)54/h3-30H,1-2H3. The molecule has 0 saturated heterocycles. The molecule has 0 unspecified atom stereocenters. The summed E-state index contributed by atoms with van der Waals surface area (Å²) in [6, 6.07) is 60.5. The van der Waals surface area contributed by atoms with Gasteiger partial charge in [-0.1, -0.05) is 115 Å². The number of hydrogen-bond donors (Lipinski definition) is 0. The maximum Gasteiger partial charge on any atom is 0.104 e. The predicted octanol–water partition coefficient (Wildman–Crippen LogP) is 12.8. The Bertz CT molecular complexity index is 3000. The zero-order valence-electron chi connectivity index (χ0n) is 30.0. The van der Waals surface area contributed by atoms with Gasteiger partial charge in [-0.25, -0.2) is 0 Å². The molecule has 10 aromatic rings. The van der Waals surface area contributed by atoms with Crippen LogP contribution in [0.1, 0.15) is 16.7 Å². The first-order valence-electron chi connectivity index (χ1n) is 18.3. The first-order chi connectivity index (χ1) is 26.6. The third kappa shape index (κ3) is 4.94. The summed E-state index contributed by atoms with van der Waals surface area (Å²) in [6.07, 6.45) is 1.87. The summed E-state index contributed by atoms with van der Waals surface area (Å²) in [4.78, 5) is 5.03. The highest BCUT2D eigenvalue weighted by Gasteiger charge is 2.23. The van der Waals surface area contributed by atoms with Crippen molar-refractivity contribution in [1.82, 2.24) is 14.1 Å². The van der Waals surface area contributed by atoms with Gasteiger partial charge in [-0.05, 0) is 90.2 Å². The van der Waals surface area contributed by atoms with Crippen molar-refractivity contribution in [2.75, 3.05) is 0 Å². The number of nitrogens with zero attached hydrogens (tertiary/aromatic N) is 4. The van der Waals surface area contributed by atoms with Crippen LogP contribution < -0.4 is 0 Å². The molecule has 4 nitrogen and oxygen atoms in total. The fraction of sp³-hybridized carbons (Fsp3) is 0.0400. The number of fused-ring (bicyclic) bond motifs is 6. The fourth-order valence-corrected chi connectivity index (χ4v) is 8.26. The van der Waals surface area contributed by atoms with E-state index < -0.39 is 0 Å². The highest BCUT2D eigenvalue weighted by atomic mass is 15.0.